The van der Waals surface area contributed by atoms with Gasteiger partial charge >= 0.3 is 0 Å². The summed E-state index contributed by atoms with van der Waals surface area (Å²) in [4.78, 5) is 22.2. The van der Waals surface area contributed by atoms with Crippen LogP contribution in [0.4, 0.5) is 0 Å². The third kappa shape index (κ3) is 4.59. The molecule has 5 nitrogen and oxygen atoms in total. The van der Waals surface area contributed by atoms with Gasteiger partial charge in [-0.05, 0) is 43.0 Å². The summed E-state index contributed by atoms with van der Waals surface area (Å²) in [5.41, 5.74) is 2.89. The Morgan fingerprint density at radius 3 is 2.93 bits per heavy atom. The molecule has 2 aromatic heterocycles. The zero-order valence-corrected chi connectivity index (χ0v) is 18.0. The van der Waals surface area contributed by atoms with Gasteiger partial charge < -0.3 is 9.88 Å². The van der Waals surface area contributed by atoms with Crippen LogP contribution in [0.1, 0.15) is 50.6 Å². The summed E-state index contributed by atoms with van der Waals surface area (Å²) in [7, 11) is 0. The fourth-order valence-electron chi connectivity index (χ4n) is 3.95. The Bertz CT molecular complexity index is 999. The van der Waals surface area contributed by atoms with E-state index >= 15 is 0 Å². The summed E-state index contributed by atoms with van der Waals surface area (Å²) in [5.74, 6) is 0.810. The van der Waals surface area contributed by atoms with Crippen LogP contribution < -0.4 is 5.32 Å². The van der Waals surface area contributed by atoms with Gasteiger partial charge in [0.25, 0.3) is 0 Å². The monoisotopic (exact) mass is 428 g/mol. The lowest BCUT2D eigenvalue weighted by atomic mass is 10.1. The maximum atomic E-state index is 13.1. The third-order valence-corrected chi connectivity index (χ3v) is 6.68. The van der Waals surface area contributed by atoms with Gasteiger partial charge in [0.1, 0.15) is 6.04 Å². The molecule has 1 amide bonds. The Hall–Kier alpha value is -2.05. The topological polar surface area (TPSA) is 59.8 Å². The Kier molecular flexibility index (Phi) is 6.40. The number of halogens is 1. The third-order valence-electron chi connectivity index (χ3n) is 5.42. The molecule has 1 fully saturated rings. The molecule has 1 saturated carbocycles. The Morgan fingerprint density at radius 1 is 1.34 bits per heavy atom. The molecular formula is C22H25ClN4OS. The smallest absolute Gasteiger partial charge is 0.243 e. The minimum atomic E-state index is -0.299. The van der Waals surface area contributed by atoms with E-state index in [0.717, 1.165) is 45.4 Å². The summed E-state index contributed by atoms with van der Waals surface area (Å²) in [6.45, 7) is 2.05. The Labute approximate surface area is 180 Å². The molecule has 7 heteroatoms. The predicted octanol–water partition coefficient (Wildman–Crippen LogP) is 5.39. The lowest BCUT2D eigenvalue weighted by Crippen LogP contribution is -2.38. The molecular weight excluding hydrogens is 404 g/mol. The molecule has 0 unspecified atom stereocenters. The first-order valence-corrected chi connectivity index (χ1v) is 11.5. The molecule has 1 N–H and O–H groups in total. The van der Waals surface area contributed by atoms with Crippen LogP contribution >= 0.6 is 23.4 Å². The average molecular weight is 429 g/mol. The molecule has 29 heavy (non-hydrogen) atoms. The highest BCUT2D eigenvalue weighted by Gasteiger charge is 2.27. The lowest BCUT2D eigenvalue weighted by molar-refractivity contribution is -0.125. The second-order valence-electron chi connectivity index (χ2n) is 7.46. The van der Waals surface area contributed by atoms with Gasteiger partial charge in [-0.15, -0.1) is 0 Å². The SMILES string of the molecule is CC[C@H](C(=O)NC1CCCC1)n1c(SCc2cccc(Cl)c2)nc2ccncc21. The maximum absolute atomic E-state index is 13.1. The molecule has 1 aliphatic rings. The van der Waals surface area contributed by atoms with Crippen molar-refractivity contribution in [1.82, 2.24) is 19.9 Å². The van der Waals surface area contributed by atoms with Crippen molar-refractivity contribution in [3.63, 3.8) is 0 Å². The number of fused-ring (bicyclic) bond motifs is 1. The van der Waals surface area contributed by atoms with Gasteiger partial charge in [-0.3, -0.25) is 9.78 Å². The van der Waals surface area contributed by atoms with E-state index in [9.17, 15) is 4.79 Å². The molecule has 0 saturated heterocycles. The minimum absolute atomic E-state index is 0.0761. The number of amides is 1. The van der Waals surface area contributed by atoms with Gasteiger partial charge in [-0.25, -0.2) is 4.98 Å². The van der Waals surface area contributed by atoms with Crippen LogP contribution in [0.3, 0.4) is 0 Å². The normalized spacial score (nSPS) is 15.7. The molecule has 0 bridgehead atoms. The van der Waals surface area contributed by atoms with Gasteiger partial charge in [-0.2, -0.15) is 0 Å². The molecule has 1 aliphatic carbocycles. The van der Waals surface area contributed by atoms with E-state index in [2.05, 4.69) is 20.9 Å². The highest BCUT2D eigenvalue weighted by atomic mass is 35.5. The predicted molar refractivity (Wildman–Crippen MR) is 118 cm³/mol. The molecule has 0 radical (unpaired) electrons. The van der Waals surface area contributed by atoms with E-state index in [-0.39, 0.29) is 11.9 Å². The first-order chi connectivity index (χ1) is 14.2. The highest BCUT2D eigenvalue weighted by Crippen LogP contribution is 2.32. The summed E-state index contributed by atoms with van der Waals surface area (Å²) >= 11 is 7.75. The van der Waals surface area contributed by atoms with Crippen LogP contribution in [0.15, 0.2) is 47.9 Å². The number of aromatic nitrogens is 3. The van der Waals surface area contributed by atoms with Crippen molar-refractivity contribution < 1.29 is 4.79 Å². The standard InChI is InChI=1S/C22H25ClN4OS/c1-2-19(21(28)25-17-8-3-4-9-17)27-20-13-24-11-10-18(20)26-22(27)29-14-15-6-5-7-16(23)12-15/h5-7,10-13,17,19H,2-4,8-9,14H2,1H3,(H,25,28)/t19-/m1/s1. The van der Waals surface area contributed by atoms with Gasteiger partial charge in [-0.1, -0.05) is 55.3 Å². The van der Waals surface area contributed by atoms with E-state index in [0.29, 0.717) is 12.5 Å². The number of pyridine rings is 1. The molecule has 4 rings (SSSR count). The summed E-state index contributed by atoms with van der Waals surface area (Å²) < 4.78 is 2.06. The minimum Gasteiger partial charge on any atom is -0.352 e. The van der Waals surface area contributed by atoms with E-state index < -0.39 is 0 Å². The van der Waals surface area contributed by atoms with Crippen LogP contribution in [0, 0.1) is 0 Å². The zero-order chi connectivity index (χ0) is 20.2. The molecule has 1 aromatic carbocycles. The van der Waals surface area contributed by atoms with Crippen molar-refractivity contribution in [3.8, 4) is 0 Å². The van der Waals surface area contributed by atoms with Crippen LogP contribution in [0.5, 0.6) is 0 Å². The van der Waals surface area contributed by atoms with Gasteiger partial charge in [0.15, 0.2) is 5.16 Å². The summed E-state index contributed by atoms with van der Waals surface area (Å²) in [5, 5.41) is 4.82. The molecule has 152 valence electrons. The Morgan fingerprint density at radius 2 is 2.17 bits per heavy atom. The fourth-order valence-corrected chi connectivity index (χ4v) is 5.17. The van der Waals surface area contributed by atoms with Crippen molar-refractivity contribution in [2.75, 3.05) is 0 Å². The van der Waals surface area contributed by atoms with Crippen LogP contribution in [-0.4, -0.2) is 26.5 Å². The van der Waals surface area contributed by atoms with Crippen LogP contribution in [0.25, 0.3) is 11.0 Å². The van der Waals surface area contributed by atoms with E-state index in [4.69, 9.17) is 16.6 Å². The van der Waals surface area contributed by atoms with Crippen molar-refractivity contribution in [1.29, 1.82) is 0 Å². The number of nitrogens with one attached hydrogen (secondary N) is 1. The molecule has 2 heterocycles. The molecule has 1 atom stereocenters. The van der Waals surface area contributed by atoms with E-state index in [1.54, 1.807) is 24.2 Å². The van der Waals surface area contributed by atoms with Gasteiger partial charge in [0.2, 0.25) is 5.91 Å². The van der Waals surface area contributed by atoms with Crippen LogP contribution in [-0.2, 0) is 10.5 Å². The van der Waals surface area contributed by atoms with Crippen LogP contribution in [0.2, 0.25) is 5.02 Å². The van der Waals surface area contributed by atoms with Gasteiger partial charge in [0, 0.05) is 23.0 Å². The Balaban J connectivity index is 1.63. The molecule has 3 aromatic rings. The second-order valence-corrected chi connectivity index (χ2v) is 8.84. The number of carbonyl (C=O) groups is 1. The summed E-state index contributed by atoms with van der Waals surface area (Å²) in [6.07, 6.45) is 8.78. The zero-order valence-electron chi connectivity index (χ0n) is 16.5. The number of imidazole rings is 1. The first-order valence-electron chi connectivity index (χ1n) is 10.1. The van der Waals surface area contributed by atoms with Crippen molar-refractivity contribution in [2.45, 2.75) is 62.0 Å². The van der Waals surface area contributed by atoms with Crippen molar-refractivity contribution in [3.05, 3.63) is 53.3 Å². The van der Waals surface area contributed by atoms with Crippen molar-refractivity contribution >= 4 is 40.3 Å². The summed E-state index contributed by atoms with van der Waals surface area (Å²) in [6, 6.07) is 9.74. The maximum Gasteiger partial charge on any atom is 0.243 e. The number of rotatable bonds is 7. The first kappa shape index (κ1) is 20.2. The quantitative estimate of drug-likeness (QED) is 0.512. The number of carbonyl (C=O) groups excluding carboxylic acids is 1. The number of hydrogen-bond donors (Lipinski definition) is 1. The number of thioether (sulfide) groups is 1. The highest BCUT2D eigenvalue weighted by molar-refractivity contribution is 7.98. The van der Waals surface area contributed by atoms with Gasteiger partial charge in [0.05, 0.1) is 17.2 Å². The molecule has 0 spiro atoms. The molecule has 0 aliphatic heterocycles. The number of hydrogen-bond acceptors (Lipinski definition) is 4. The number of nitrogens with zero attached hydrogens (tertiary/aromatic N) is 3. The van der Waals surface area contributed by atoms with E-state index in [1.807, 2.05) is 31.2 Å². The average Bonchev–Trinajstić information content (AvgIpc) is 3.35. The van der Waals surface area contributed by atoms with Crippen molar-refractivity contribution in [2.24, 2.45) is 0 Å². The van der Waals surface area contributed by atoms with E-state index in [1.165, 1.54) is 12.8 Å². The second kappa shape index (κ2) is 9.18. The number of benzene rings is 1. The largest absolute Gasteiger partial charge is 0.352 e. The lowest BCUT2D eigenvalue weighted by Gasteiger charge is -2.22. The fraction of sp³-hybridized carbons (Fsp3) is 0.409.